The molecule has 0 bridgehead atoms. The van der Waals surface area contributed by atoms with Gasteiger partial charge in [0.1, 0.15) is 5.75 Å². The molecule has 0 unspecified atom stereocenters. The van der Waals surface area contributed by atoms with E-state index < -0.39 is 15.9 Å². The molecule has 27 heavy (non-hydrogen) atoms. The fraction of sp³-hybridized carbons (Fsp3) is 0.278. The van der Waals surface area contributed by atoms with Gasteiger partial charge >= 0.3 is 0 Å². The first-order valence-corrected chi connectivity index (χ1v) is 10.5. The summed E-state index contributed by atoms with van der Waals surface area (Å²) < 4.78 is 39.1. The number of methoxy groups -OCH3 is 1. The fourth-order valence-corrected chi connectivity index (χ4v) is 4.22. The highest BCUT2D eigenvalue weighted by Crippen LogP contribution is 2.24. The van der Waals surface area contributed by atoms with Crippen molar-refractivity contribution in [3.63, 3.8) is 0 Å². The zero-order valence-electron chi connectivity index (χ0n) is 14.6. The Morgan fingerprint density at radius 2 is 1.96 bits per heavy atom. The summed E-state index contributed by atoms with van der Waals surface area (Å²) in [6.07, 6.45) is 0.617. The average molecular weight is 455 g/mol. The molecule has 2 aromatic carbocycles. The van der Waals surface area contributed by atoms with Crippen molar-refractivity contribution in [2.45, 2.75) is 17.4 Å². The van der Waals surface area contributed by atoms with Gasteiger partial charge in [0, 0.05) is 22.8 Å². The second kappa shape index (κ2) is 8.39. The van der Waals surface area contributed by atoms with E-state index in [0.717, 1.165) is 4.47 Å². The van der Waals surface area contributed by atoms with E-state index in [-0.39, 0.29) is 22.3 Å². The minimum atomic E-state index is -3.77. The Labute approximate surface area is 166 Å². The zero-order chi connectivity index (χ0) is 19.4. The molecule has 7 nitrogen and oxygen atoms in total. The number of ether oxygens (including phenoxy) is 2. The number of nitrogens with one attached hydrogen (secondary N) is 2. The summed E-state index contributed by atoms with van der Waals surface area (Å²) in [7, 11) is -2.35. The second-order valence-corrected chi connectivity index (χ2v) is 8.63. The quantitative estimate of drug-likeness (QED) is 0.699. The maximum Gasteiger partial charge on any atom is 0.259 e. The molecule has 0 aromatic heterocycles. The molecule has 0 spiro atoms. The lowest BCUT2D eigenvalue weighted by atomic mass is 10.2. The molecule has 1 amide bonds. The van der Waals surface area contributed by atoms with E-state index in [1.165, 1.54) is 25.3 Å². The molecule has 2 aromatic rings. The zero-order valence-corrected chi connectivity index (χ0v) is 17.0. The van der Waals surface area contributed by atoms with E-state index in [0.29, 0.717) is 25.3 Å². The SMILES string of the molecule is COc1ccc(S(=O)(=O)N[C@H]2CCOC2)cc1C(=O)Nc1ccc(Br)cc1. The fourth-order valence-electron chi connectivity index (χ4n) is 2.68. The number of benzene rings is 2. The lowest BCUT2D eigenvalue weighted by molar-refractivity contribution is 0.102. The van der Waals surface area contributed by atoms with E-state index in [2.05, 4.69) is 26.0 Å². The largest absolute Gasteiger partial charge is 0.496 e. The van der Waals surface area contributed by atoms with Crippen LogP contribution in [0.4, 0.5) is 5.69 Å². The third-order valence-corrected chi connectivity index (χ3v) is 6.13. The number of carbonyl (C=O) groups is 1. The van der Waals surface area contributed by atoms with Crippen LogP contribution in [0.25, 0.3) is 0 Å². The summed E-state index contributed by atoms with van der Waals surface area (Å²) in [5.74, 6) is -0.178. The van der Waals surface area contributed by atoms with Crippen molar-refractivity contribution in [1.29, 1.82) is 0 Å². The van der Waals surface area contributed by atoms with Crippen LogP contribution in [-0.2, 0) is 14.8 Å². The molecule has 1 fully saturated rings. The van der Waals surface area contributed by atoms with Crippen LogP contribution in [0.3, 0.4) is 0 Å². The van der Waals surface area contributed by atoms with Crippen molar-refractivity contribution in [3.05, 3.63) is 52.5 Å². The molecule has 0 radical (unpaired) electrons. The Bertz CT molecular complexity index is 925. The van der Waals surface area contributed by atoms with Gasteiger partial charge in [0.25, 0.3) is 5.91 Å². The first-order valence-electron chi connectivity index (χ1n) is 8.24. The van der Waals surface area contributed by atoms with Crippen molar-refractivity contribution < 1.29 is 22.7 Å². The smallest absolute Gasteiger partial charge is 0.259 e. The van der Waals surface area contributed by atoms with E-state index in [9.17, 15) is 13.2 Å². The Balaban J connectivity index is 1.86. The number of halogens is 1. The van der Waals surface area contributed by atoms with Crippen molar-refractivity contribution in [3.8, 4) is 5.75 Å². The Hall–Kier alpha value is -1.94. The molecule has 0 saturated carbocycles. The summed E-state index contributed by atoms with van der Waals surface area (Å²) >= 11 is 3.33. The van der Waals surface area contributed by atoms with Crippen LogP contribution < -0.4 is 14.8 Å². The van der Waals surface area contributed by atoms with Crippen LogP contribution in [0, 0.1) is 0 Å². The summed E-state index contributed by atoms with van der Waals surface area (Å²) in [6.45, 7) is 0.864. The van der Waals surface area contributed by atoms with Gasteiger partial charge in [-0.2, -0.15) is 0 Å². The Kier molecular flexibility index (Phi) is 6.15. The molecule has 1 aliphatic heterocycles. The maximum atomic E-state index is 12.7. The molecule has 1 atom stereocenters. The molecular formula is C18H19BrN2O5S. The van der Waals surface area contributed by atoms with Gasteiger partial charge in [0.05, 0.1) is 24.2 Å². The van der Waals surface area contributed by atoms with Crippen LogP contribution in [0.15, 0.2) is 51.8 Å². The first kappa shape index (κ1) is 19.8. The van der Waals surface area contributed by atoms with Crippen molar-refractivity contribution in [2.75, 3.05) is 25.6 Å². The van der Waals surface area contributed by atoms with Gasteiger partial charge < -0.3 is 14.8 Å². The monoisotopic (exact) mass is 454 g/mol. The van der Waals surface area contributed by atoms with Crippen LogP contribution in [0.5, 0.6) is 5.75 Å². The van der Waals surface area contributed by atoms with Gasteiger partial charge in [0.15, 0.2) is 0 Å². The summed E-state index contributed by atoms with van der Waals surface area (Å²) in [6, 6.07) is 11.0. The van der Waals surface area contributed by atoms with Gasteiger partial charge in [-0.05, 0) is 48.9 Å². The van der Waals surface area contributed by atoms with Gasteiger partial charge in [-0.1, -0.05) is 15.9 Å². The lowest BCUT2D eigenvalue weighted by Gasteiger charge is -2.14. The lowest BCUT2D eigenvalue weighted by Crippen LogP contribution is -2.35. The minimum absolute atomic E-state index is 0.00356. The highest BCUT2D eigenvalue weighted by atomic mass is 79.9. The summed E-state index contributed by atoms with van der Waals surface area (Å²) in [5.41, 5.74) is 0.714. The summed E-state index contributed by atoms with van der Waals surface area (Å²) in [4.78, 5) is 12.7. The number of rotatable bonds is 6. The van der Waals surface area contributed by atoms with Crippen LogP contribution in [0.1, 0.15) is 16.8 Å². The summed E-state index contributed by atoms with van der Waals surface area (Å²) in [5, 5.41) is 2.74. The number of anilines is 1. The second-order valence-electron chi connectivity index (χ2n) is 6.00. The molecular weight excluding hydrogens is 436 g/mol. The van der Waals surface area contributed by atoms with Crippen LogP contribution in [0.2, 0.25) is 0 Å². The van der Waals surface area contributed by atoms with Gasteiger partial charge in [-0.3, -0.25) is 4.79 Å². The number of hydrogen-bond acceptors (Lipinski definition) is 5. The first-order chi connectivity index (χ1) is 12.9. The standard InChI is InChI=1S/C18H19BrN2O5S/c1-25-17-7-6-15(27(23,24)21-14-8-9-26-11-14)10-16(17)18(22)20-13-4-2-12(19)3-5-13/h2-7,10,14,21H,8-9,11H2,1H3,(H,20,22)/t14-/m0/s1. The third-order valence-electron chi connectivity index (χ3n) is 4.08. The molecule has 3 rings (SSSR count). The number of hydrogen-bond donors (Lipinski definition) is 2. The number of amides is 1. The third kappa shape index (κ3) is 4.86. The Morgan fingerprint density at radius 1 is 1.22 bits per heavy atom. The van der Waals surface area contributed by atoms with Gasteiger partial charge in [0.2, 0.25) is 10.0 Å². The molecule has 1 heterocycles. The Morgan fingerprint density at radius 3 is 2.59 bits per heavy atom. The molecule has 1 saturated heterocycles. The minimum Gasteiger partial charge on any atom is -0.496 e. The molecule has 9 heteroatoms. The number of carbonyl (C=O) groups excluding carboxylic acids is 1. The predicted molar refractivity (Wildman–Crippen MR) is 105 cm³/mol. The molecule has 0 aliphatic carbocycles. The topological polar surface area (TPSA) is 93.7 Å². The van der Waals surface area contributed by atoms with E-state index in [1.807, 2.05) is 0 Å². The van der Waals surface area contributed by atoms with Gasteiger partial charge in [-0.15, -0.1) is 0 Å². The molecule has 2 N–H and O–H groups in total. The van der Waals surface area contributed by atoms with Gasteiger partial charge in [-0.25, -0.2) is 13.1 Å². The van der Waals surface area contributed by atoms with Crippen molar-refractivity contribution in [2.24, 2.45) is 0 Å². The molecule has 1 aliphatic rings. The van der Waals surface area contributed by atoms with Crippen LogP contribution >= 0.6 is 15.9 Å². The van der Waals surface area contributed by atoms with Crippen LogP contribution in [-0.4, -0.2) is 40.7 Å². The predicted octanol–water partition coefficient (Wildman–Crippen LogP) is 2.78. The normalized spacial score (nSPS) is 16.9. The highest BCUT2D eigenvalue weighted by molar-refractivity contribution is 9.10. The van der Waals surface area contributed by atoms with Crippen molar-refractivity contribution in [1.82, 2.24) is 4.72 Å². The number of sulfonamides is 1. The average Bonchev–Trinajstić information content (AvgIpc) is 3.15. The maximum absolute atomic E-state index is 12.7. The van der Waals surface area contributed by atoms with E-state index in [1.54, 1.807) is 24.3 Å². The van der Waals surface area contributed by atoms with E-state index in [4.69, 9.17) is 9.47 Å². The highest BCUT2D eigenvalue weighted by Gasteiger charge is 2.25. The van der Waals surface area contributed by atoms with E-state index >= 15 is 0 Å². The van der Waals surface area contributed by atoms with Crippen molar-refractivity contribution >= 4 is 37.5 Å². The molecule has 144 valence electrons.